The molecule has 0 aliphatic carbocycles. The fourth-order valence-electron chi connectivity index (χ4n) is 3.63. The lowest BCUT2D eigenvalue weighted by Gasteiger charge is -2.27. The monoisotopic (exact) mass is 473 g/mol. The molecule has 0 bridgehead atoms. The zero-order chi connectivity index (χ0) is 23.0. The molecule has 1 unspecified atom stereocenters. The van der Waals surface area contributed by atoms with Crippen LogP contribution >= 0.6 is 22.9 Å². The van der Waals surface area contributed by atoms with Gasteiger partial charge in [0.1, 0.15) is 22.5 Å². The lowest BCUT2D eigenvalue weighted by atomic mass is 10.0. The molecule has 1 atom stereocenters. The molecule has 0 radical (unpaired) electrons. The van der Waals surface area contributed by atoms with E-state index in [1.54, 1.807) is 24.3 Å². The van der Waals surface area contributed by atoms with Crippen LogP contribution < -0.4 is 9.64 Å². The first-order chi connectivity index (χ1) is 15.3. The molecule has 4 rings (SSSR count). The Labute approximate surface area is 191 Å². The van der Waals surface area contributed by atoms with E-state index in [9.17, 15) is 23.9 Å². The fraction of sp³-hybridized carbons (Fsp3) is 0.174. The first-order valence-electron chi connectivity index (χ1n) is 9.73. The number of thiophene rings is 1. The molecule has 1 aliphatic heterocycles. The Balaban J connectivity index is 1.70. The Morgan fingerprint density at radius 2 is 2.03 bits per heavy atom. The molecule has 0 fully saturated rings. The highest BCUT2D eigenvalue weighted by Crippen LogP contribution is 2.38. The molecule has 1 aliphatic rings. The van der Waals surface area contributed by atoms with Crippen molar-refractivity contribution in [3.8, 4) is 5.75 Å². The second kappa shape index (κ2) is 8.72. The lowest BCUT2D eigenvalue weighted by molar-refractivity contribution is -0.117. The number of benzene rings is 2. The Bertz CT molecular complexity index is 1240. The van der Waals surface area contributed by atoms with Gasteiger partial charge in [0.2, 0.25) is 5.91 Å². The number of fused-ring (bicyclic) bond motifs is 1. The predicted octanol–water partition coefficient (Wildman–Crippen LogP) is 5.50. The number of carbonyl (C=O) groups excluding carboxylic acids is 2. The van der Waals surface area contributed by atoms with E-state index in [1.165, 1.54) is 23.6 Å². The van der Waals surface area contributed by atoms with E-state index in [4.69, 9.17) is 16.3 Å². The summed E-state index contributed by atoms with van der Waals surface area (Å²) < 4.78 is 20.2. The third kappa shape index (κ3) is 3.87. The number of imide groups is 1. The maximum Gasteiger partial charge on any atom is 0.346 e. The normalized spacial score (nSPS) is 14.3. The molecule has 1 N–H and O–H groups in total. The summed E-state index contributed by atoms with van der Waals surface area (Å²) >= 11 is 7.20. The molecule has 9 heteroatoms. The molecule has 32 heavy (non-hydrogen) atoms. The Morgan fingerprint density at radius 3 is 2.72 bits per heavy atom. The number of anilines is 1. The first-order valence-corrected chi connectivity index (χ1v) is 11.0. The zero-order valence-electron chi connectivity index (χ0n) is 16.8. The third-order valence-electron chi connectivity index (χ3n) is 5.13. The molecule has 164 valence electrons. The van der Waals surface area contributed by atoms with E-state index in [0.29, 0.717) is 17.5 Å². The molecule has 2 amide bonds. The largest absolute Gasteiger partial charge is 0.486 e. The van der Waals surface area contributed by atoms with Gasteiger partial charge in [0, 0.05) is 11.6 Å². The first kappa shape index (κ1) is 22.0. The summed E-state index contributed by atoms with van der Waals surface area (Å²) in [5, 5.41) is 11.0. The Hall–Kier alpha value is -3.23. The SMILES string of the molecule is CCC(Oc1ccc(Cl)c(N2C(=O)Cc3csc(C(=O)O)c3C2=O)c1)c1ccccc1F. The average molecular weight is 474 g/mol. The van der Waals surface area contributed by atoms with Crippen molar-refractivity contribution in [2.45, 2.75) is 25.9 Å². The number of carboxylic acid groups (broad SMARTS) is 1. The van der Waals surface area contributed by atoms with Gasteiger partial charge in [0.15, 0.2) is 0 Å². The summed E-state index contributed by atoms with van der Waals surface area (Å²) in [7, 11) is 0. The van der Waals surface area contributed by atoms with Crippen LogP contribution in [0.2, 0.25) is 5.02 Å². The van der Waals surface area contributed by atoms with Gasteiger partial charge in [-0.3, -0.25) is 9.59 Å². The molecule has 0 spiro atoms. The van der Waals surface area contributed by atoms with Gasteiger partial charge in [-0.05, 0) is 35.6 Å². The number of aromatic carboxylic acids is 1. The van der Waals surface area contributed by atoms with Crippen LogP contribution in [-0.2, 0) is 11.2 Å². The number of nitrogens with zero attached hydrogens (tertiary/aromatic N) is 1. The van der Waals surface area contributed by atoms with E-state index in [-0.39, 0.29) is 33.3 Å². The second-order valence-corrected chi connectivity index (χ2v) is 8.42. The summed E-state index contributed by atoms with van der Waals surface area (Å²) in [6.07, 6.45) is -0.250. The number of amides is 2. The minimum absolute atomic E-state index is 0.0118. The minimum atomic E-state index is -1.24. The summed E-state index contributed by atoms with van der Waals surface area (Å²) in [5.74, 6) is -2.64. The van der Waals surface area contributed by atoms with Gasteiger partial charge in [0.25, 0.3) is 5.91 Å². The number of ether oxygens (including phenoxy) is 1. The van der Waals surface area contributed by atoms with E-state index in [1.807, 2.05) is 6.92 Å². The van der Waals surface area contributed by atoms with Crippen LogP contribution in [0.15, 0.2) is 47.8 Å². The van der Waals surface area contributed by atoms with Gasteiger partial charge in [-0.15, -0.1) is 11.3 Å². The van der Waals surface area contributed by atoms with E-state index in [2.05, 4.69) is 0 Å². The molecule has 6 nitrogen and oxygen atoms in total. The average Bonchev–Trinajstić information content (AvgIpc) is 3.19. The summed E-state index contributed by atoms with van der Waals surface area (Å²) in [4.78, 5) is 38.2. The summed E-state index contributed by atoms with van der Waals surface area (Å²) in [6.45, 7) is 1.84. The molecule has 2 heterocycles. The van der Waals surface area contributed by atoms with Crippen molar-refractivity contribution < 1.29 is 28.6 Å². The van der Waals surface area contributed by atoms with Crippen LogP contribution in [0.3, 0.4) is 0 Å². The smallest absolute Gasteiger partial charge is 0.346 e. The Kier molecular flexibility index (Phi) is 5.99. The summed E-state index contributed by atoms with van der Waals surface area (Å²) in [5.41, 5.74) is 0.830. The predicted molar refractivity (Wildman–Crippen MR) is 118 cm³/mol. The lowest BCUT2D eigenvalue weighted by Crippen LogP contribution is -2.42. The molecular weight excluding hydrogens is 457 g/mol. The van der Waals surface area contributed by atoms with E-state index >= 15 is 0 Å². The van der Waals surface area contributed by atoms with Crippen molar-refractivity contribution in [1.29, 1.82) is 0 Å². The van der Waals surface area contributed by atoms with Crippen LogP contribution in [0.1, 0.15) is 50.6 Å². The van der Waals surface area contributed by atoms with Crippen molar-refractivity contribution in [1.82, 2.24) is 0 Å². The number of hydrogen-bond donors (Lipinski definition) is 1. The van der Waals surface area contributed by atoms with E-state index in [0.717, 1.165) is 16.2 Å². The molecule has 0 saturated heterocycles. The number of halogens is 2. The van der Waals surface area contributed by atoms with Crippen LogP contribution in [0, 0.1) is 5.82 Å². The minimum Gasteiger partial charge on any atom is -0.486 e. The van der Waals surface area contributed by atoms with Crippen molar-refractivity contribution in [3.63, 3.8) is 0 Å². The molecule has 1 aromatic heterocycles. The zero-order valence-corrected chi connectivity index (χ0v) is 18.4. The van der Waals surface area contributed by atoms with Gasteiger partial charge in [-0.2, -0.15) is 0 Å². The van der Waals surface area contributed by atoms with Gasteiger partial charge < -0.3 is 9.84 Å². The van der Waals surface area contributed by atoms with Gasteiger partial charge in [0.05, 0.1) is 22.7 Å². The highest BCUT2D eigenvalue weighted by atomic mass is 35.5. The quantitative estimate of drug-likeness (QED) is 0.478. The van der Waals surface area contributed by atoms with Crippen molar-refractivity contribution in [2.75, 3.05) is 4.90 Å². The molecule has 2 aromatic carbocycles. The van der Waals surface area contributed by atoms with Gasteiger partial charge in [-0.1, -0.05) is 36.7 Å². The maximum absolute atomic E-state index is 14.2. The summed E-state index contributed by atoms with van der Waals surface area (Å²) in [6, 6.07) is 10.7. The molecule has 3 aromatic rings. The highest BCUT2D eigenvalue weighted by Gasteiger charge is 2.37. The van der Waals surface area contributed by atoms with Crippen LogP contribution in [-0.4, -0.2) is 22.9 Å². The van der Waals surface area contributed by atoms with Gasteiger partial charge in [-0.25, -0.2) is 14.1 Å². The molecule has 0 saturated carbocycles. The van der Waals surface area contributed by atoms with Crippen LogP contribution in [0.25, 0.3) is 0 Å². The van der Waals surface area contributed by atoms with Gasteiger partial charge >= 0.3 is 5.97 Å². The number of rotatable bonds is 6. The maximum atomic E-state index is 14.2. The van der Waals surface area contributed by atoms with Crippen molar-refractivity contribution in [3.05, 3.63) is 80.3 Å². The Morgan fingerprint density at radius 1 is 1.28 bits per heavy atom. The highest BCUT2D eigenvalue weighted by molar-refractivity contribution is 7.12. The molecular formula is C23H17ClFNO5S. The number of carboxylic acids is 1. The van der Waals surface area contributed by atoms with E-state index < -0.39 is 29.7 Å². The third-order valence-corrected chi connectivity index (χ3v) is 6.47. The topological polar surface area (TPSA) is 83.9 Å². The number of hydrogen-bond acceptors (Lipinski definition) is 5. The van der Waals surface area contributed by atoms with Crippen molar-refractivity contribution in [2.24, 2.45) is 0 Å². The van der Waals surface area contributed by atoms with Crippen molar-refractivity contribution >= 4 is 46.4 Å². The second-order valence-electron chi connectivity index (χ2n) is 7.13. The fourth-order valence-corrected chi connectivity index (χ4v) is 4.73. The standard InChI is InChI=1S/C23H17ClFNO5S/c1-2-18(14-5-3-4-6-16(14)25)31-13-7-8-15(24)17(10-13)26-19(27)9-12-11-32-21(23(29)30)20(12)22(26)28/h3-8,10-11,18H,2,9H2,1H3,(H,29,30). The van der Waals surface area contributed by atoms with Crippen LogP contribution in [0.4, 0.5) is 10.1 Å². The number of carbonyl (C=O) groups is 3. The van der Waals surface area contributed by atoms with Crippen LogP contribution in [0.5, 0.6) is 5.75 Å².